The molecule has 0 bridgehead atoms. The zero-order chi connectivity index (χ0) is 13.1. The molecule has 17 heavy (non-hydrogen) atoms. The van der Waals surface area contributed by atoms with E-state index in [9.17, 15) is 8.42 Å². The first-order valence-corrected chi connectivity index (χ1v) is 7.07. The van der Waals surface area contributed by atoms with Gasteiger partial charge in [-0.3, -0.25) is 0 Å². The number of ether oxygens (including phenoxy) is 1. The molecule has 0 aliphatic carbocycles. The summed E-state index contributed by atoms with van der Waals surface area (Å²) in [5, 5.41) is 0.577. The van der Waals surface area contributed by atoms with Gasteiger partial charge in [-0.15, -0.1) is 0 Å². The SMILES string of the molecule is COCCNS(=O)(=O)c1ccc(Cl)c(C)c1Cl. The van der Waals surface area contributed by atoms with E-state index in [1.165, 1.54) is 19.2 Å². The normalized spacial score (nSPS) is 11.8. The lowest BCUT2D eigenvalue weighted by Gasteiger charge is -2.10. The van der Waals surface area contributed by atoms with Crippen molar-refractivity contribution in [2.75, 3.05) is 20.3 Å². The van der Waals surface area contributed by atoms with E-state index in [2.05, 4.69) is 4.72 Å². The standard InChI is InChI=1S/C10H13Cl2NO3S/c1-7-8(11)3-4-9(10(7)12)17(14,15)13-5-6-16-2/h3-4,13H,5-6H2,1-2H3. The molecule has 0 saturated carbocycles. The number of hydrogen-bond donors (Lipinski definition) is 1. The van der Waals surface area contributed by atoms with Gasteiger partial charge in [0, 0.05) is 18.7 Å². The molecule has 0 aliphatic heterocycles. The molecule has 1 rings (SSSR count). The molecule has 1 N–H and O–H groups in total. The number of methoxy groups -OCH3 is 1. The van der Waals surface area contributed by atoms with Crippen LogP contribution in [0.15, 0.2) is 17.0 Å². The van der Waals surface area contributed by atoms with Gasteiger partial charge in [0.25, 0.3) is 0 Å². The minimum absolute atomic E-state index is 0.0252. The topological polar surface area (TPSA) is 55.4 Å². The minimum Gasteiger partial charge on any atom is -0.383 e. The minimum atomic E-state index is -3.62. The third kappa shape index (κ3) is 3.56. The van der Waals surface area contributed by atoms with Gasteiger partial charge in [0.1, 0.15) is 4.90 Å². The molecule has 0 atom stereocenters. The molecule has 0 amide bonds. The molecule has 0 aromatic heterocycles. The molecule has 0 spiro atoms. The van der Waals surface area contributed by atoms with Gasteiger partial charge in [-0.05, 0) is 24.6 Å². The number of nitrogens with one attached hydrogen (secondary N) is 1. The van der Waals surface area contributed by atoms with Gasteiger partial charge in [-0.1, -0.05) is 23.2 Å². The fourth-order valence-corrected chi connectivity index (χ4v) is 3.02. The van der Waals surface area contributed by atoms with Crippen molar-refractivity contribution >= 4 is 33.2 Å². The van der Waals surface area contributed by atoms with Crippen molar-refractivity contribution in [2.45, 2.75) is 11.8 Å². The molecular weight excluding hydrogens is 285 g/mol. The van der Waals surface area contributed by atoms with Crippen LogP contribution in [0.2, 0.25) is 10.0 Å². The molecule has 1 aromatic rings. The summed E-state index contributed by atoms with van der Waals surface area (Å²) < 4.78 is 30.9. The van der Waals surface area contributed by atoms with Crippen LogP contribution in [0.5, 0.6) is 0 Å². The summed E-state index contributed by atoms with van der Waals surface area (Å²) in [5.74, 6) is 0. The number of hydrogen-bond acceptors (Lipinski definition) is 3. The maximum absolute atomic E-state index is 11.9. The van der Waals surface area contributed by atoms with E-state index in [4.69, 9.17) is 27.9 Å². The van der Waals surface area contributed by atoms with Gasteiger partial charge in [0.15, 0.2) is 0 Å². The summed E-state index contributed by atoms with van der Waals surface area (Å²) >= 11 is 11.8. The fraction of sp³-hybridized carbons (Fsp3) is 0.400. The Bertz CT molecular complexity index is 503. The van der Waals surface area contributed by atoms with Gasteiger partial charge < -0.3 is 4.74 Å². The average Bonchev–Trinajstić information content (AvgIpc) is 2.26. The van der Waals surface area contributed by atoms with Crippen LogP contribution < -0.4 is 4.72 Å². The molecule has 7 heteroatoms. The molecule has 0 radical (unpaired) electrons. The zero-order valence-corrected chi connectivity index (χ0v) is 11.8. The first kappa shape index (κ1) is 14.7. The number of rotatable bonds is 5. The molecule has 0 aliphatic rings. The zero-order valence-electron chi connectivity index (χ0n) is 9.46. The summed E-state index contributed by atoms with van der Waals surface area (Å²) in [6.07, 6.45) is 0. The second-order valence-electron chi connectivity index (χ2n) is 3.38. The van der Waals surface area contributed by atoms with Crippen LogP contribution in [0.4, 0.5) is 0 Å². The lowest BCUT2D eigenvalue weighted by Crippen LogP contribution is -2.27. The highest BCUT2D eigenvalue weighted by molar-refractivity contribution is 7.89. The van der Waals surface area contributed by atoms with Gasteiger partial charge in [-0.2, -0.15) is 0 Å². The van der Waals surface area contributed by atoms with Crippen LogP contribution in [-0.2, 0) is 14.8 Å². The molecule has 0 fully saturated rings. The van der Waals surface area contributed by atoms with Crippen molar-refractivity contribution in [3.63, 3.8) is 0 Å². The van der Waals surface area contributed by atoms with Crippen LogP contribution in [0, 0.1) is 6.92 Å². The summed E-state index contributed by atoms with van der Waals surface area (Å²) in [7, 11) is -2.13. The molecule has 0 unspecified atom stereocenters. The summed E-state index contributed by atoms with van der Waals surface area (Å²) in [6, 6.07) is 2.89. The second-order valence-corrected chi connectivity index (χ2v) is 5.90. The van der Waals surface area contributed by atoms with E-state index in [0.717, 1.165) is 0 Å². The van der Waals surface area contributed by atoms with Gasteiger partial charge in [0.05, 0.1) is 11.6 Å². The molecule has 96 valence electrons. The Hall–Kier alpha value is -0.330. The predicted molar refractivity (Wildman–Crippen MR) is 68.3 cm³/mol. The van der Waals surface area contributed by atoms with Crippen LogP contribution >= 0.6 is 23.2 Å². The van der Waals surface area contributed by atoms with Crippen LogP contribution in [0.25, 0.3) is 0 Å². The fourth-order valence-electron chi connectivity index (χ4n) is 1.20. The highest BCUT2D eigenvalue weighted by Crippen LogP contribution is 2.29. The Morgan fingerprint density at radius 3 is 2.59 bits per heavy atom. The largest absolute Gasteiger partial charge is 0.383 e. The van der Waals surface area contributed by atoms with Gasteiger partial charge >= 0.3 is 0 Å². The van der Waals surface area contributed by atoms with Gasteiger partial charge in [-0.25, -0.2) is 13.1 Å². The first-order valence-electron chi connectivity index (χ1n) is 4.83. The van der Waals surface area contributed by atoms with E-state index < -0.39 is 10.0 Å². The summed E-state index contributed by atoms with van der Waals surface area (Å²) in [5.41, 5.74) is 0.544. The molecule has 4 nitrogen and oxygen atoms in total. The van der Waals surface area contributed by atoms with Crippen LogP contribution in [0.3, 0.4) is 0 Å². The Morgan fingerprint density at radius 1 is 1.35 bits per heavy atom. The van der Waals surface area contributed by atoms with E-state index in [1.54, 1.807) is 6.92 Å². The second kappa shape index (κ2) is 6.02. The predicted octanol–water partition coefficient (Wildman–Crippen LogP) is 2.23. The van der Waals surface area contributed by atoms with Crippen molar-refractivity contribution in [1.82, 2.24) is 4.72 Å². The highest BCUT2D eigenvalue weighted by atomic mass is 35.5. The van der Waals surface area contributed by atoms with E-state index >= 15 is 0 Å². The lowest BCUT2D eigenvalue weighted by molar-refractivity contribution is 0.204. The smallest absolute Gasteiger partial charge is 0.242 e. The third-order valence-corrected chi connectivity index (χ3v) is 4.68. The monoisotopic (exact) mass is 297 g/mol. The van der Waals surface area contributed by atoms with Crippen molar-refractivity contribution in [1.29, 1.82) is 0 Å². The molecular formula is C10H13Cl2NO3S. The Balaban J connectivity index is 3.04. The summed E-state index contributed by atoms with van der Waals surface area (Å²) in [6.45, 7) is 2.15. The van der Waals surface area contributed by atoms with Crippen molar-refractivity contribution < 1.29 is 13.2 Å². The van der Waals surface area contributed by atoms with Crippen molar-refractivity contribution in [2.24, 2.45) is 0 Å². The quantitative estimate of drug-likeness (QED) is 0.848. The van der Waals surface area contributed by atoms with E-state index in [1.807, 2.05) is 0 Å². The number of benzene rings is 1. The van der Waals surface area contributed by atoms with Crippen molar-refractivity contribution in [3.8, 4) is 0 Å². The molecule has 0 saturated heterocycles. The number of halogens is 2. The third-order valence-electron chi connectivity index (χ3n) is 2.17. The van der Waals surface area contributed by atoms with E-state index in [-0.39, 0.29) is 16.5 Å². The Labute approximate surface area is 111 Å². The van der Waals surface area contributed by atoms with Crippen LogP contribution in [0.1, 0.15) is 5.56 Å². The molecule has 1 aromatic carbocycles. The van der Waals surface area contributed by atoms with Crippen LogP contribution in [-0.4, -0.2) is 28.7 Å². The number of sulfonamides is 1. The Kier molecular flexibility index (Phi) is 5.22. The average molecular weight is 298 g/mol. The maximum atomic E-state index is 11.9. The molecule has 0 heterocycles. The first-order chi connectivity index (χ1) is 7.90. The summed E-state index contributed by atoms with van der Waals surface area (Å²) in [4.78, 5) is 0.0252. The van der Waals surface area contributed by atoms with Gasteiger partial charge in [0.2, 0.25) is 10.0 Å². The maximum Gasteiger partial charge on any atom is 0.242 e. The lowest BCUT2D eigenvalue weighted by atomic mass is 10.2. The Morgan fingerprint density at radius 2 is 2.00 bits per heavy atom. The highest BCUT2D eigenvalue weighted by Gasteiger charge is 2.19. The van der Waals surface area contributed by atoms with E-state index in [0.29, 0.717) is 17.2 Å². The van der Waals surface area contributed by atoms with Crippen molar-refractivity contribution in [3.05, 3.63) is 27.7 Å².